The standard InChI is InChI=1S/C16H28O6/c1-6-14(22-15(18)9-13(4)20-5)10-16(19)21-12(3)8-7-11(2)17/h12-14H,6-10H2,1-5H3. The van der Waals surface area contributed by atoms with E-state index in [2.05, 4.69) is 0 Å². The van der Waals surface area contributed by atoms with Crippen molar-refractivity contribution in [3.8, 4) is 0 Å². The van der Waals surface area contributed by atoms with Crippen molar-refractivity contribution in [1.29, 1.82) is 0 Å². The molecule has 22 heavy (non-hydrogen) atoms. The summed E-state index contributed by atoms with van der Waals surface area (Å²) in [6.07, 6.45) is 0.555. The first kappa shape index (κ1) is 20.6. The molecule has 0 aromatic rings. The molecule has 6 nitrogen and oxygen atoms in total. The zero-order valence-corrected chi connectivity index (χ0v) is 14.2. The van der Waals surface area contributed by atoms with E-state index in [1.807, 2.05) is 6.92 Å². The van der Waals surface area contributed by atoms with E-state index in [0.717, 1.165) is 0 Å². The van der Waals surface area contributed by atoms with E-state index >= 15 is 0 Å². The number of hydrogen-bond donors (Lipinski definition) is 0. The van der Waals surface area contributed by atoms with Crippen molar-refractivity contribution < 1.29 is 28.6 Å². The molecule has 0 heterocycles. The van der Waals surface area contributed by atoms with Crippen molar-refractivity contribution in [3.63, 3.8) is 0 Å². The third-order valence-corrected chi connectivity index (χ3v) is 3.24. The molecule has 0 aliphatic carbocycles. The van der Waals surface area contributed by atoms with Gasteiger partial charge in [0.25, 0.3) is 0 Å². The van der Waals surface area contributed by atoms with Crippen LogP contribution in [-0.2, 0) is 28.6 Å². The number of esters is 2. The molecule has 128 valence electrons. The van der Waals surface area contributed by atoms with E-state index in [0.29, 0.717) is 19.3 Å². The summed E-state index contributed by atoms with van der Waals surface area (Å²) in [5.74, 6) is -0.746. The highest BCUT2D eigenvalue weighted by molar-refractivity contribution is 5.75. The first-order valence-electron chi connectivity index (χ1n) is 7.69. The molecule has 0 aromatic heterocycles. The van der Waals surface area contributed by atoms with Crippen LogP contribution < -0.4 is 0 Å². The highest BCUT2D eigenvalue weighted by Crippen LogP contribution is 2.11. The molecule has 0 saturated carbocycles. The first-order chi connectivity index (χ1) is 10.3. The molecule has 0 rings (SSSR count). The molecule has 0 N–H and O–H groups in total. The van der Waals surface area contributed by atoms with Crippen molar-refractivity contribution in [2.45, 2.75) is 78.1 Å². The Kier molecular flexibility index (Phi) is 10.5. The molecule has 3 unspecified atom stereocenters. The van der Waals surface area contributed by atoms with Gasteiger partial charge in [-0.1, -0.05) is 6.92 Å². The second-order valence-electron chi connectivity index (χ2n) is 5.52. The van der Waals surface area contributed by atoms with E-state index in [9.17, 15) is 14.4 Å². The van der Waals surface area contributed by atoms with Gasteiger partial charge in [0.2, 0.25) is 0 Å². The van der Waals surface area contributed by atoms with Gasteiger partial charge in [-0.2, -0.15) is 0 Å². The fraction of sp³-hybridized carbons (Fsp3) is 0.812. The lowest BCUT2D eigenvalue weighted by Gasteiger charge is -2.18. The predicted octanol–water partition coefficient (Wildman–Crippen LogP) is 2.42. The number of Topliss-reactive ketones (excluding diaryl/α,β-unsaturated/α-hetero) is 1. The summed E-state index contributed by atoms with van der Waals surface area (Å²) in [6.45, 7) is 6.85. The molecule has 3 atom stereocenters. The van der Waals surface area contributed by atoms with Crippen LogP contribution in [0.5, 0.6) is 0 Å². The normalized spacial score (nSPS) is 14.8. The number of ketones is 1. The van der Waals surface area contributed by atoms with Crippen LogP contribution in [0, 0.1) is 0 Å². The zero-order valence-electron chi connectivity index (χ0n) is 14.2. The molecule has 0 bridgehead atoms. The summed E-state index contributed by atoms with van der Waals surface area (Å²) in [5, 5.41) is 0. The van der Waals surface area contributed by atoms with Gasteiger partial charge in [-0.05, 0) is 33.6 Å². The Hall–Kier alpha value is -1.43. The Labute approximate surface area is 132 Å². The number of hydrogen-bond acceptors (Lipinski definition) is 6. The maximum absolute atomic E-state index is 11.8. The van der Waals surface area contributed by atoms with E-state index in [4.69, 9.17) is 14.2 Å². The number of ether oxygens (including phenoxy) is 3. The minimum absolute atomic E-state index is 0.0218. The summed E-state index contributed by atoms with van der Waals surface area (Å²) in [6, 6.07) is 0. The third kappa shape index (κ3) is 10.3. The van der Waals surface area contributed by atoms with Gasteiger partial charge in [-0.3, -0.25) is 9.59 Å². The second kappa shape index (κ2) is 11.2. The van der Waals surface area contributed by atoms with Crippen LogP contribution in [-0.4, -0.2) is 43.1 Å². The van der Waals surface area contributed by atoms with Gasteiger partial charge in [0, 0.05) is 13.5 Å². The summed E-state index contributed by atoms with van der Waals surface area (Å²) in [5.41, 5.74) is 0. The summed E-state index contributed by atoms with van der Waals surface area (Å²) in [7, 11) is 1.52. The Balaban J connectivity index is 4.17. The molecule has 0 aliphatic heterocycles. The van der Waals surface area contributed by atoms with Crippen molar-refractivity contribution in [1.82, 2.24) is 0 Å². The van der Waals surface area contributed by atoms with Gasteiger partial charge >= 0.3 is 11.9 Å². The first-order valence-corrected chi connectivity index (χ1v) is 7.69. The number of carbonyl (C=O) groups excluding carboxylic acids is 3. The molecule has 6 heteroatoms. The lowest BCUT2D eigenvalue weighted by molar-refractivity contribution is -0.159. The molecule has 0 saturated heterocycles. The van der Waals surface area contributed by atoms with Crippen LogP contribution in [0.25, 0.3) is 0 Å². The quantitative estimate of drug-likeness (QED) is 0.545. The summed E-state index contributed by atoms with van der Waals surface area (Å²) >= 11 is 0. The van der Waals surface area contributed by atoms with Gasteiger partial charge in [-0.25, -0.2) is 0 Å². The molecule has 0 spiro atoms. The molecular weight excluding hydrogens is 288 g/mol. The van der Waals surface area contributed by atoms with Crippen molar-refractivity contribution in [2.24, 2.45) is 0 Å². The largest absolute Gasteiger partial charge is 0.463 e. The molecule has 0 amide bonds. The van der Waals surface area contributed by atoms with Crippen LogP contribution in [0.2, 0.25) is 0 Å². The number of rotatable bonds is 11. The van der Waals surface area contributed by atoms with Crippen LogP contribution >= 0.6 is 0 Å². The second-order valence-corrected chi connectivity index (χ2v) is 5.52. The van der Waals surface area contributed by atoms with E-state index in [1.165, 1.54) is 14.0 Å². The minimum Gasteiger partial charge on any atom is -0.463 e. The predicted molar refractivity (Wildman–Crippen MR) is 81.3 cm³/mol. The summed E-state index contributed by atoms with van der Waals surface area (Å²) in [4.78, 5) is 34.4. The third-order valence-electron chi connectivity index (χ3n) is 3.24. The Morgan fingerprint density at radius 3 is 2.05 bits per heavy atom. The van der Waals surface area contributed by atoms with Gasteiger partial charge in [-0.15, -0.1) is 0 Å². The van der Waals surface area contributed by atoms with E-state index < -0.39 is 18.0 Å². The van der Waals surface area contributed by atoms with Crippen molar-refractivity contribution >= 4 is 17.7 Å². The summed E-state index contributed by atoms with van der Waals surface area (Å²) < 4.78 is 15.5. The minimum atomic E-state index is -0.496. The Morgan fingerprint density at radius 1 is 0.955 bits per heavy atom. The highest BCUT2D eigenvalue weighted by Gasteiger charge is 2.20. The Bertz CT molecular complexity index is 366. The maximum atomic E-state index is 11.8. The van der Waals surface area contributed by atoms with Crippen molar-refractivity contribution in [3.05, 3.63) is 0 Å². The fourth-order valence-electron chi connectivity index (χ4n) is 1.75. The lowest BCUT2D eigenvalue weighted by atomic mass is 10.1. The van der Waals surface area contributed by atoms with E-state index in [1.54, 1.807) is 13.8 Å². The van der Waals surface area contributed by atoms with Gasteiger partial charge in [0.05, 0.1) is 25.0 Å². The van der Waals surface area contributed by atoms with Crippen LogP contribution in [0.1, 0.15) is 59.8 Å². The molecule has 0 fully saturated rings. The number of methoxy groups -OCH3 is 1. The van der Waals surface area contributed by atoms with Crippen LogP contribution in [0.3, 0.4) is 0 Å². The van der Waals surface area contributed by atoms with E-state index in [-0.39, 0.29) is 30.8 Å². The van der Waals surface area contributed by atoms with Gasteiger partial charge < -0.3 is 19.0 Å². The SMILES string of the molecule is CCC(CC(=O)OC(C)CCC(C)=O)OC(=O)CC(C)OC. The topological polar surface area (TPSA) is 78.9 Å². The lowest BCUT2D eigenvalue weighted by Crippen LogP contribution is -2.26. The Morgan fingerprint density at radius 2 is 1.55 bits per heavy atom. The van der Waals surface area contributed by atoms with Crippen LogP contribution in [0.4, 0.5) is 0 Å². The molecular formula is C16H28O6. The van der Waals surface area contributed by atoms with Gasteiger partial charge in [0.15, 0.2) is 0 Å². The maximum Gasteiger partial charge on any atom is 0.309 e. The smallest absolute Gasteiger partial charge is 0.309 e. The highest BCUT2D eigenvalue weighted by atomic mass is 16.6. The molecule has 0 aliphatic rings. The van der Waals surface area contributed by atoms with Crippen LogP contribution in [0.15, 0.2) is 0 Å². The van der Waals surface area contributed by atoms with Crippen molar-refractivity contribution in [2.75, 3.05) is 7.11 Å². The van der Waals surface area contributed by atoms with Gasteiger partial charge in [0.1, 0.15) is 11.9 Å². The molecule has 0 aromatic carbocycles. The fourth-order valence-corrected chi connectivity index (χ4v) is 1.75. The average Bonchev–Trinajstić information content (AvgIpc) is 2.43. The number of carbonyl (C=O) groups is 3. The zero-order chi connectivity index (χ0) is 17.1. The average molecular weight is 316 g/mol. The monoisotopic (exact) mass is 316 g/mol. The molecule has 0 radical (unpaired) electrons.